The molecule has 1 fully saturated rings. The van der Waals surface area contributed by atoms with Crippen molar-refractivity contribution >= 4 is 0 Å². The lowest BCUT2D eigenvalue weighted by Crippen LogP contribution is -2.24. The van der Waals surface area contributed by atoms with Crippen LogP contribution in [0.25, 0.3) is 0 Å². The van der Waals surface area contributed by atoms with Crippen molar-refractivity contribution in [3.05, 3.63) is 29.3 Å². The highest BCUT2D eigenvalue weighted by molar-refractivity contribution is 5.42. The van der Waals surface area contributed by atoms with E-state index in [1.165, 1.54) is 25.7 Å². The Morgan fingerprint density at radius 3 is 2.90 bits per heavy atom. The molecule has 1 aliphatic rings. The van der Waals surface area contributed by atoms with E-state index in [4.69, 9.17) is 10.00 Å². The van der Waals surface area contributed by atoms with Crippen molar-refractivity contribution in [3.8, 4) is 11.8 Å². The molecule has 1 unspecified atom stereocenters. The molecule has 1 heterocycles. The maximum atomic E-state index is 9.04. The van der Waals surface area contributed by atoms with Crippen molar-refractivity contribution < 1.29 is 4.74 Å². The first-order valence-electron chi connectivity index (χ1n) is 7.56. The second-order valence-corrected chi connectivity index (χ2v) is 5.62. The highest BCUT2D eigenvalue weighted by Crippen LogP contribution is 2.25. The molecule has 0 N–H and O–H groups in total. The summed E-state index contributed by atoms with van der Waals surface area (Å²) in [5, 5.41) is 9.04. The van der Waals surface area contributed by atoms with E-state index < -0.39 is 0 Å². The van der Waals surface area contributed by atoms with E-state index in [9.17, 15) is 0 Å². The number of nitrogens with zero attached hydrogens (tertiary/aromatic N) is 2. The summed E-state index contributed by atoms with van der Waals surface area (Å²) in [5.74, 6) is 1.77. The molecule has 0 bridgehead atoms. The van der Waals surface area contributed by atoms with Gasteiger partial charge in [0, 0.05) is 12.1 Å². The maximum Gasteiger partial charge on any atom is 0.123 e. The summed E-state index contributed by atoms with van der Waals surface area (Å²) in [5.41, 5.74) is 1.84. The molecule has 1 atom stereocenters. The fraction of sp³-hybridized carbons (Fsp3) is 0.588. The predicted molar refractivity (Wildman–Crippen MR) is 80.6 cm³/mol. The van der Waals surface area contributed by atoms with Crippen molar-refractivity contribution in [1.29, 1.82) is 5.26 Å². The lowest BCUT2D eigenvalue weighted by Gasteiger charge is -2.21. The molecule has 0 spiro atoms. The quantitative estimate of drug-likeness (QED) is 0.840. The number of hydrogen-bond donors (Lipinski definition) is 0. The molecule has 20 heavy (non-hydrogen) atoms. The van der Waals surface area contributed by atoms with Crippen molar-refractivity contribution in [3.63, 3.8) is 0 Å². The van der Waals surface area contributed by atoms with Gasteiger partial charge in [-0.15, -0.1) is 0 Å². The topological polar surface area (TPSA) is 36.3 Å². The molecule has 0 amide bonds. The Balaban J connectivity index is 2.07. The first-order chi connectivity index (χ1) is 9.76. The fourth-order valence-corrected chi connectivity index (χ4v) is 3.00. The molecular formula is C17H24N2O. The number of hydrogen-bond acceptors (Lipinski definition) is 3. The first kappa shape index (κ1) is 14.9. The average Bonchev–Trinajstić information content (AvgIpc) is 2.72. The van der Waals surface area contributed by atoms with Crippen LogP contribution in [0.2, 0.25) is 0 Å². The van der Waals surface area contributed by atoms with E-state index in [1.54, 1.807) is 7.11 Å². The monoisotopic (exact) mass is 272 g/mol. The third-order valence-corrected chi connectivity index (χ3v) is 4.32. The van der Waals surface area contributed by atoms with Gasteiger partial charge >= 0.3 is 0 Å². The molecule has 3 heteroatoms. The van der Waals surface area contributed by atoms with Gasteiger partial charge in [-0.2, -0.15) is 5.26 Å². The van der Waals surface area contributed by atoms with Gasteiger partial charge in [0.2, 0.25) is 0 Å². The van der Waals surface area contributed by atoms with Crippen LogP contribution in [-0.2, 0) is 6.54 Å². The van der Waals surface area contributed by atoms with Crippen LogP contribution in [0.4, 0.5) is 0 Å². The second kappa shape index (κ2) is 7.31. The maximum absolute atomic E-state index is 9.04. The van der Waals surface area contributed by atoms with Crippen molar-refractivity contribution in [2.24, 2.45) is 5.92 Å². The zero-order chi connectivity index (χ0) is 14.4. The number of rotatable bonds is 4. The van der Waals surface area contributed by atoms with Gasteiger partial charge in [-0.25, -0.2) is 0 Å². The predicted octanol–water partition coefficient (Wildman–Crippen LogP) is 3.58. The van der Waals surface area contributed by atoms with Gasteiger partial charge in [-0.1, -0.05) is 13.3 Å². The van der Waals surface area contributed by atoms with E-state index in [1.807, 2.05) is 18.2 Å². The summed E-state index contributed by atoms with van der Waals surface area (Å²) in [7, 11) is 1.69. The van der Waals surface area contributed by atoms with E-state index in [2.05, 4.69) is 17.9 Å². The zero-order valence-electron chi connectivity index (χ0n) is 12.6. The number of likely N-dealkylation sites (tertiary alicyclic amines) is 1. The van der Waals surface area contributed by atoms with Crippen molar-refractivity contribution in [1.82, 2.24) is 4.90 Å². The molecule has 0 saturated carbocycles. The standard InChI is InChI=1S/C17H24N2O/c1-3-14-5-4-9-19(10-8-14)13-16-11-15(12-18)6-7-17(16)20-2/h6-7,11,14H,3-5,8-10,13H2,1-2H3. The summed E-state index contributed by atoms with van der Waals surface area (Å²) < 4.78 is 5.42. The summed E-state index contributed by atoms with van der Waals surface area (Å²) in [6.45, 7) is 5.48. The van der Waals surface area contributed by atoms with Gasteiger partial charge in [-0.05, 0) is 56.5 Å². The average molecular weight is 272 g/mol. The largest absolute Gasteiger partial charge is 0.496 e. The van der Waals surface area contributed by atoms with Gasteiger partial charge in [0.25, 0.3) is 0 Å². The minimum Gasteiger partial charge on any atom is -0.496 e. The van der Waals surface area contributed by atoms with Gasteiger partial charge < -0.3 is 4.74 Å². The Morgan fingerprint density at radius 1 is 1.35 bits per heavy atom. The van der Waals surface area contributed by atoms with E-state index in [-0.39, 0.29) is 0 Å². The van der Waals surface area contributed by atoms with Crippen molar-refractivity contribution in [2.75, 3.05) is 20.2 Å². The van der Waals surface area contributed by atoms with Gasteiger partial charge in [0.05, 0.1) is 18.7 Å². The van der Waals surface area contributed by atoms with E-state index >= 15 is 0 Å². The highest BCUT2D eigenvalue weighted by Gasteiger charge is 2.17. The fourth-order valence-electron chi connectivity index (χ4n) is 3.00. The molecule has 2 rings (SSSR count). The highest BCUT2D eigenvalue weighted by atomic mass is 16.5. The Kier molecular flexibility index (Phi) is 5.43. The molecule has 0 aromatic heterocycles. The first-order valence-corrected chi connectivity index (χ1v) is 7.56. The Bertz CT molecular complexity index is 478. The number of methoxy groups -OCH3 is 1. The van der Waals surface area contributed by atoms with Gasteiger partial charge in [-0.3, -0.25) is 4.90 Å². The van der Waals surface area contributed by atoms with Gasteiger partial charge in [0.15, 0.2) is 0 Å². The number of nitriles is 1. The van der Waals surface area contributed by atoms with Crippen LogP contribution in [0.1, 0.15) is 43.7 Å². The normalized spacial score (nSPS) is 20.1. The minimum atomic E-state index is 0.710. The molecule has 1 aliphatic heterocycles. The molecule has 1 aromatic carbocycles. The van der Waals surface area contributed by atoms with Crippen LogP contribution >= 0.6 is 0 Å². The van der Waals surface area contributed by atoms with Crippen LogP contribution in [0.5, 0.6) is 5.75 Å². The van der Waals surface area contributed by atoms with Crippen LogP contribution < -0.4 is 4.74 Å². The molecule has 3 nitrogen and oxygen atoms in total. The van der Waals surface area contributed by atoms with Gasteiger partial charge in [0.1, 0.15) is 5.75 Å². The smallest absolute Gasteiger partial charge is 0.123 e. The van der Waals surface area contributed by atoms with Crippen LogP contribution in [-0.4, -0.2) is 25.1 Å². The molecule has 1 saturated heterocycles. The van der Waals surface area contributed by atoms with E-state index in [0.29, 0.717) is 5.56 Å². The minimum absolute atomic E-state index is 0.710. The number of ether oxygens (including phenoxy) is 1. The zero-order valence-corrected chi connectivity index (χ0v) is 12.6. The van der Waals surface area contributed by atoms with Crippen molar-refractivity contribution in [2.45, 2.75) is 39.2 Å². The number of benzene rings is 1. The van der Waals surface area contributed by atoms with Crippen LogP contribution in [0.3, 0.4) is 0 Å². The van der Waals surface area contributed by atoms with E-state index in [0.717, 1.165) is 36.9 Å². The second-order valence-electron chi connectivity index (χ2n) is 5.62. The van der Waals surface area contributed by atoms with Crippen LogP contribution in [0.15, 0.2) is 18.2 Å². The summed E-state index contributed by atoms with van der Waals surface area (Å²) in [6.07, 6.45) is 5.21. The summed E-state index contributed by atoms with van der Waals surface area (Å²) in [4.78, 5) is 2.49. The summed E-state index contributed by atoms with van der Waals surface area (Å²) >= 11 is 0. The molecular weight excluding hydrogens is 248 g/mol. The Morgan fingerprint density at radius 2 is 2.20 bits per heavy atom. The molecule has 1 aromatic rings. The lowest BCUT2D eigenvalue weighted by atomic mass is 9.98. The lowest BCUT2D eigenvalue weighted by molar-refractivity contribution is 0.267. The SMILES string of the molecule is CCC1CCCN(Cc2cc(C#N)ccc2OC)CC1. The third kappa shape index (κ3) is 3.74. The Labute approximate surface area is 122 Å². The molecule has 108 valence electrons. The molecule has 0 radical (unpaired) electrons. The third-order valence-electron chi connectivity index (χ3n) is 4.32. The summed E-state index contributed by atoms with van der Waals surface area (Å²) in [6, 6.07) is 7.89. The Hall–Kier alpha value is -1.53. The molecule has 0 aliphatic carbocycles. The van der Waals surface area contributed by atoms with Crippen LogP contribution in [0, 0.1) is 17.2 Å².